The Morgan fingerprint density at radius 3 is 1.30 bits per heavy atom. The Balaban J connectivity index is 0. The summed E-state index contributed by atoms with van der Waals surface area (Å²) < 4.78 is 4.77. The van der Waals surface area contributed by atoms with Crippen LogP contribution < -0.4 is 6.15 Å². The quantitative estimate of drug-likeness (QED) is 0.147. The van der Waals surface area contributed by atoms with Gasteiger partial charge in [0, 0.05) is 5.57 Å². The number of carbonyl (C=O) groups is 1. The van der Waals surface area contributed by atoms with E-state index in [2.05, 4.69) is 13.8 Å². The summed E-state index contributed by atoms with van der Waals surface area (Å²) in [5.74, 6) is -0.181. The molecule has 0 amide bonds. The van der Waals surface area contributed by atoms with Crippen molar-refractivity contribution in [1.82, 2.24) is 6.15 Å². The molecule has 0 aromatic carbocycles. The molecule has 3 heteroatoms. The molecule has 0 heterocycles. The van der Waals surface area contributed by atoms with Crippen molar-refractivity contribution in [3.8, 4) is 0 Å². The zero-order valence-corrected chi connectivity index (χ0v) is 19.0. The van der Waals surface area contributed by atoms with Crippen molar-refractivity contribution >= 4 is 5.97 Å². The van der Waals surface area contributed by atoms with Gasteiger partial charge < -0.3 is 10.9 Å². The minimum Gasteiger partial charge on any atom is -0.466 e. The molecule has 0 saturated carbocycles. The Morgan fingerprint density at radius 2 is 0.963 bits per heavy atom. The van der Waals surface area contributed by atoms with E-state index in [1.165, 1.54) is 115 Å². The van der Waals surface area contributed by atoms with Gasteiger partial charge in [-0.3, -0.25) is 0 Å². The third-order valence-electron chi connectivity index (χ3n) is 5.54. The Kier molecular flexibility index (Phi) is 22.6. The van der Waals surface area contributed by atoms with Crippen molar-refractivity contribution in [2.24, 2.45) is 0 Å². The van der Waals surface area contributed by atoms with E-state index in [4.69, 9.17) is 4.74 Å². The maximum atomic E-state index is 11.4. The smallest absolute Gasteiger partial charge is 0.333 e. The molecule has 0 rings (SSSR count). The highest BCUT2D eigenvalue weighted by atomic mass is 16.5. The number of hydrogen-bond donors (Lipinski definition) is 1. The molecule has 0 aromatic heterocycles. The van der Waals surface area contributed by atoms with Gasteiger partial charge >= 0.3 is 5.97 Å². The summed E-state index contributed by atoms with van der Waals surface area (Å²) in [7, 11) is 1.45. The van der Waals surface area contributed by atoms with E-state index in [1.54, 1.807) is 0 Å². The Morgan fingerprint density at radius 1 is 0.630 bits per heavy atom. The van der Waals surface area contributed by atoms with E-state index >= 15 is 0 Å². The molecule has 0 saturated heterocycles. The molecule has 0 fully saturated rings. The number of methoxy groups -OCH3 is 1. The van der Waals surface area contributed by atoms with Gasteiger partial charge in [-0.2, -0.15) is 0 Å². The van der Waals surface area contributed by atoms with E-state index in [1.807, 2.05) is 6.92 Å². The van der Waals surface area contributed by atoms with Gasteiger partial charge in [-0.15, -0.1) is 0 Å². The zero-order chi connectivity index (χ0) is 19.5. The molecular weight excluding hydrogens is 334 g/mol. The third kappa shape index (κ3) is 18.3. The van der Waals surface area contributed by atoms with Crippen LogP contribution in [0.25, 0.3) is 0 Å². The standard InChI is InChI=1S/C24H46O2.H3N/c1-5-6-7-8-9-10-11-12-13-14-15-16-17-18-19-20-21-22(2)23(3)24(25)26-4;/h5-21H2,1-4H3;1H3. The molecule has 3 nitrogen and oxygen atoms in total. The van der Waals surface area contributed by atoms with Crippen LogP contribution in [-0.2, 0) is 9.53 Å². The first-order valence-corrected chi connectivity index (χ1v) is 11.4. The Bertz CT molecular complexity index is 363. The fourth-order valence-corrected chi connectivity index (χ4v) is 3.45. The van der Waals surface area contributed by atoms with Crippen LogP contribution in [0.3, 0.4) is 0 Å². The summed E-state index contributed by atoms with van der Waals surface area (Å²) in [6.45, 7) is 6.21. The molecule has 0 aromatic rings. The highest BCUT2D eigenvalue weighted by molar-refractivity contribution is 5.88. The summed E-state index contributed by atoms with van der Waals surface area (Å²) in [6.07, 6.45) is 23.3. The number of carbonyl (C=O) groups excluding carboxylic acids is 1. The fourth-order valence-electron chi connectivity index (χ4n) is 3.45. The van der Waals surface area contributed by atoms with Crippen molar-refractivity contribution in [3.05, 3.63) is 11.1 Å². The maximum absolute atomic E-state index is 11.4. The summed E-state index contributed by atoms with van der Waals surface area (Å²) in [4.78, 5) is 11.4. The first kappa shape index (κ1) is 28.4. The van der Waals surface area contributed by atoms with E-state index in [9.17, 15) is 4.79 Å². The van der Waals surface area contributed by atoms with E-state index in [-0.39, 0.29) is 12.1 Å². The molecule has 3 N–H and O–H groups in total. The highest BCUT2D eigenvalue weighted by Gasteiger charge is 2.06. The van der Waals surface area contributed by atoms with Crippen molar-refractivity contribution in [3.63, 3.8) is 0 Å². The SMILES string of the molecule is CCCCCCCCCCCCCCCCCCC(C)=C(C)C(=O)OC.N. The van der Waals surface area contributed by atoms with Crippen molar-refractivity contribution in [1.29, 1.82) is 0 Å². The van der Waals surface area contributed by atoms with Crippen LogP contribution in [0.2, 0.25) is 0 Å². The molecule has 0 radical (unpaired) electrons. The van der Waals surface area contributed by atoms with Crippen molar-refractivity contribution in [2.75, 3.05) is 7.11 Å². The van der Waals surface area contributed by atoms with E-state index < -0.39 is 0 Å². The molecule has 0 aliphatic carbocycles. The van der Waals surface area contributed by atoms with Gasteiger partial charge in [0.05, 0.1) is 7.11 Å². The van der Waals surface area contributed by atoms with Gasteiger partial charge in [0.25, 0.3) is 0 Å². The number of ether oxygens (including phenoxy) is 1. The van der Waals surface area contributed by atoms with Gasteiger partial charge in [0.1, 0.15) is 0 Å². The lowest BCUT2D eigenvalue weighted by Crippen LogP contribution is -2.03. The monoisotopic (exact) mass is 383 g/mol. The van der Waals surface area contributed by atoms with E-state index in [0.29, 0.717) is 0 Å². The molecule has 0 aliphatic rings. The van der Waals surface area contributed by atoms with Crippen LogP contribution >= 0.6 is 0 Å². The lowest BCUT2D eigenvalue weighted by molar-refractivity contribution is -0.136. The van der Waals surface area contributed by atoms with Gasteiger partial charge in [-0.1, -0.05) is 109 Å². The third-order valence-corrected chi connectivity index (χ3v) is 5.54. The number of rotatable bonds is 18. The second kappa shape index (κ2) is 21.5. The van der Waals surface area contributed by atoms with Crippen LogP contribution in [-0.4, -0.2) is 13.1 Å². The first-order chi connectivity index (χ1) is 12.6. The van der Waals surface area contributed by atoms with Gasteiger partial charge in [-0.25, -0.2) is 4.79 Å². The maximum Gasteiger partial charge on any atom is 0.333 e. The molecule has 0 bridgehead atoms. The molecule has 0 aliphatic heterocycles. The summed E-state index contributed by atoms with van der Waals surface area (Å²) >= 11 is 0. The average Bonchev–Trinajstić information content (AvgIpc) is 2.66. The predicted molar refractivity (Wildman–Crippen MR) is 120 cm³/mol. The summed E-state index contributed by atoms with van der Waals surface area (Å²) in [6, 6.07) is 0. The van der Waals surface area contributed by atoms with Crippen LogP contribution in [0.15, 0.2) is 11.1 Å². The predicted octanol–water partition coefficient (Wildman–Crippen LogP) is 8.31. The number of hydrogen-bond acceptors (Lipinski definition) is 3. The number of allylic oxidation sites excluding steroid dienone is 1. The van der Waals surface area contributed by atoms with Gasteiger partial charge in [-0.05, 0) is 26.7 Å². The first-order valence-electron chi connectivity index (χ1n) is 11.4. The topological polar surface area (TPSA) is 61.3 Å². The Labute approximate surface area is 170 Å². The second-order valence-electron chi connectivity index (χ2n) is 7.95. The lowest BCUT2D eigenvalue weighted by Gasteiger charge is -2.06. The largest absolute Gasteiger partial charge is 0.466 e. The minimum absolute atomic E-state index is 0. The molecular formula is C24H49NO2. The highest BCUT2D eigenvalue weighted by Crippen LogP contribution is 2.16. The minimum atomic E-state index is -0.181. The molecule has 0 unspecified atom stereocenters. The van der Waals surface area contributed by atoms with E-state index in [0.717, 1.165) is 12.0 Å². The van der Waals surface area contributed by atoms with Crippen LogP contribution in [0.4, 0.5) is 0 Å². The summed E-state index contributed by atoms with van der Waals surface area (Å²) in [5, 5.41) is 0. The Hall–Kier alpha value is -0.830. The van der Waals surface area contributed by atoms with Crippen LogP contribution in [0.5, 0.6) is 0 Å². The molecule has 27 heavy (non-hydrogen) atoms. The molecule has 0 spiro atoms. The average molecular weight is 384 g/mol. The van der Waals surface area contributed by atoms with Gasteiger partial charge in [0.15, 0.2) is 0 Å². The van der Waals surface area contributed by atoms with Crippen molar-refractivity contribution in [2.45, 2.75) is 130 Å². The van der Waals surface area contributed by atoms with Crippen LogP contribution in [0, 0.1) is 0 Å². The lowest BCUT2D eigenvalue weighted by atomic mass is 10.0. The summed E-state index contributed by atoms with van der Waals surface area (Å²) in [5.41, 5.74) is 1.97. The normalized spacial score (nSPS) is 11.7. The number of esters is 1. The second-order valence-corrected chi connectivity index (χ2v) is 7.95. The number of unbranched alkanes of at least 4 members (excludes halogenated alkanes) is 15. The van der Waals surface area contributed by atoms with Crippen LogP contribution in [0.1, 0.15) is 130 Å². The van der Waals surface area contributed by atoms with Crippen molar-refractivity contribution < 1.29 is 9.53 Å². The zero-order valence-electron chi connectivity index (χ0n) is 19.0. The van der Waals surface area contributed by atoms with Gasteiger partial charge in [0.2, 0.25) is 0 Å². The molecule has 0 atom stereocenters. The molecule has 162 valence electrons. The fraction of sp³-hybridized carbons (Fsp3) is 0.875.